The molecule has 4 nitrogen and oxygen atoms in total. The number of hydrogen-bond acceptors (Lipinski definition) is 3. The van der Waals surface area contributed by atoms with Gasteiger partial charge in [-0.2, -0.15) is 0 Å². The summed E-state index contributed by atoms with van der Waals surface area (Å²) in [7, 11) is 0. The van der Waals surface area contributed by atoms with Crippen molar-refractivity contribution in [2.45, 2.75) is 6.42 Å². The second-order valence-electron chi connectivity index (χ2n) is 1.04. The molecule has 0 aromatic heterocycles. The lowest BCUT2D eigenvalue weighted by Gasteiger charge is -1.81. The van der Waals surface area contributed by atoms with Crippen molar-refractivity contribution in [2.75, 3.05) is 6.54 Å². The van der Waals surface area contributed by atoms with Crippen LogP contribution >= 0.6 is 0 Å². The Hall–Kier alpha value is -0.770. The minimum atomic E-state index is -0.456. The van der Waals surface area contributed by atoms with Gasteiger partial charge in [0, 0.05) is 13.0 Å². The molecule has 0 saturated carbocycles. The molecule has 0 unspecified atom stereocenters. The molecule has 0 aromatic carbocycles. The molecule has 0 aromatic rings. The van der Waals surface area contributed by atoms with Crippen molar-refractivity contribution in [3.05, 3.63) is 0 Å². The fraction of sp³-hybridized carbons (Fsp3) is 0.667. The molecule has 0 aliphatic rings. The first-order valence-corrected chi connectivity index (χ1v) is 1.91. The predicted molar refractivity (Wildman–Crippen MR) is 23.8 cm³/mol. The van der Waals surface area contributed by atoms with Gasteiger partial charge in [0.05, 0.1) is 0 Å². The molecule has 0 aliphatic heterocycles. The van der Waals surface area contributed by atoms with E-state index < -0.39 is 5.91 Å². The largest absolute Gasteiger partial charge is 0.330 e. The minimum Gasteiger partial charge on any atom is -0.330 e. The Morgan fingerprint density at radius 1 is 1.86 bits per heavy atom. The molecule has 0 aliphatic carbocycles. The van der Waals surface area contributed by atoms with Gasteiger partial charge in [-0.05, 0) is 0 Å². The molecular weight excluding hydrogens is 94.1 g/mol. The zero-order valence-corrected chi connectivity index (χ0v) is 3.85. The molecule has 0 rings (SSSR count). The molecule has 3 N–H and O–H groups in total. The number of nitrogens with zero attached hydrogens (tertiary/aromatic N) is 1. The summed E-state index contributed by atoms with van der Waals surface area (Å²) in [5.74, 6) is -0.456. The fourth-order valence-corrected chi connectivity index (χ4v) is 0.179. The lowest BCUT2D eigenvalue weighted by Crippen LogP contribution is -2.04. The van der Waals surface area contributed by atoms with Crippen molar-refractivity contribution in [1.82, 2.24) is 0 Å². The summed E-state index contributed by atoms with van der Waals surface area (Å²) >= 11 is 0. The third-order valence-corrected chi connectivity index (χ3v) is 0.483. The van der Waals surface area contributed by atoms with Crippen LogP contribution < -0.4 is 5.73 Å². The van der Waals surface area contributed by atoms with E-state index in [0.717, 1.165) is 0 Å². The van der Waals surface area contributed by atoms with Crippen molar-refractivity contribution < 1.29 is 4.79 Å². The van der Waals surface area contributed by atoms with Gasteiger partial charge in [0.1, 0.15) is 0 Å². The van der Waals surface area contributed by atoms with Crippen LogP contribution in [0.15, 0.2) is 5.11 Å². The first-order chi connectivity index (χ1) is 3.31. The summed E-state index contributed by atoms with van der Waals surface area (Å²) in [6.45, 7) is 0.279. The SMILES string of the molecule is N=NC(=O)CCN. The molecular formula is C3H7N3O. The molecule has 7 heavy (non-hydrogen) atoms. The van der Waals surface area contributed by atoms with E-state index in [1.165, 1.54) is 0 Å². The van der Waals surface area contributed by atoms with Gasteiger partial charge in [0.25, 0.3) is 5.91 Å². The van der Waals surface area contributed by atoms with Crippen LogP contribution in [0, 0.1) is 5.53 Å². The quantitative estimate of drug-likeness (QED) is 0.476. The van der Waals surface area contributed by atoms with Crippen LogP contribution in [0.1, 0.15) is 6.42 Å². The summed E-state index contributed by atoms with van der Waals surface area (Å²) in [6, 6.07) is 0. The van der Waals surface area contributed by atoms with E-state index in [-0.39, 0.29) is 13.0 Å². The van der Waals surface area contributed by atoms with E-state index in [1.807, 2.05) is 0 Å². The van der Waals surface area contributed by atoms with Crippen molar-refractivity contribution in [3.63, 3.8) is 0 Å². The maximum absolute atomic E-state index is 9.98. The van der Waals surface area contributed by atoms with Crippen molar-refractivity contribution in [1.29, 1.82) is 5.53 Å². The molecule has 0 fully saturated rings. The molecule has 0 spiro atoms. The monoisotopic (exact) mass is 101 g/mol. The van der Waals surface area contributed by atoms with Gasteiger partial charge in [-0.15, -0.1) is 5.11 Å². The average Bonchev–Trinajstić information content (AvgIpc) is 1.68. The number of nitrogens with two attached hydrogens (primary N) is 1. The summed E-state index contributed by atoms with van der Waals surface area (Å²) in [6.07, 6.45) is 0.184. The van der Waals surface area contributed by atoms with Gasteiger partial charge in [0.2, 0.25) is 0 Å². The number of carbonyl (C=O) groups excluding carboxylic acids is 1. The molecule has 0 saturated heterocycles. The minimum absolute atomic E-state index is 0.184. The zero-order valence-electron chi connectivity index (χ0n) is 3.85. The zero-order chi connectivity index (χ0) is 5.70. The van der Waals surface area contributed by atoms with Crippen molar-refractivity contribution in [2.24, 2.45) is 10.8 Å². The Labute approximate surface area is 41.2 Å². The maximum Gasteiger partial charge on any atom is 0.265 e. The van der Waals surface area contributed by atoms with E-state index in [9.17, 15) is 4.79 Å². The molecule has 4 heteroatoms. The summed E-state index contributed by atoms with van der Waals surface area (Å²) in [4.78, 5) is 9.98. The Morgan fingerprint density at radius 3 is 2.57 bits per heavy atom. The van der Waals surface area contributed by atoms with Gasteiger partial charge in [-0.1, -0.05) is 0 Å². The molecule has 0 bridgehead atoms. The molecule has 0 atom stereocenters. The Balaban J connectivity index is 3.17. The highest BCUT2D eigenvalue weighted by molar-refractivity contribution is 5.75. The number of rotatable bonds is 2. The highest BCUT2D eigenvalue weighted by atomic mass is 16.1. The Kier molecular flexibility index (Phi) is 3.04. The smallest absolute Gasteiger partial charge is 0.265 e. The van der Waals surface area contributed by atoms with E-state index in [4.69, 9.17) is 11.3 Å². The molecule has 40 valence electrons. The molecule has 0 heterocycles. The first kappa shape index (κ1) is 6.23. The van der Waals surface area contributed by atoms with E-state index in [2.05, 4.69) is 5.11 Å². The first-order valence-electron chi connectivity index (χ1n) is 1.91. The Bertz CT molecular complexity index is 80.2. The third-order valence-electron chi connectivity index (χ3n) is 0.483. The lowest BCUT2D eigenvalue weighted by atomic mass is 10.4. The van der Waals surface area contributed by atoms with Crippen molar-refractivity contribution in [3.8, 4) is 0 Å². The standard InChI is InChI=1S/C3H7N3O/c4-2-1-3(7)6-5/h5H,1-2,4H2. The van der Waals surface area contributed by atoms with Gasteiger partial charge >= 0.3 is 0 Å². The van der Waals surface area contributed by atoms with Gasteiger partial charge < -0.3 is 5.73 Å². The van der Waals surface area contributed by atoms with Crippen LogP contribution in [0.4, 0.5) is 0 Å². The summed E-state index contributed by atoms with van der Waals surface area (Å²) in [5, 5.41) is 2.61. The normalized spacial score (nSPS) is 8.14. The number of nitrogens with one attached hydrogen (secondary N) is 1. The second kappa shape index (κ2) is 3.42. The van der Waals surface area contributed by atoms with Crippen LogP contribution in [0.5, 0.6) is 0 Å². The average molecular weight is 101 g/mol. The Morgan fingerprint density at radius 2 is 2.43 bits per heavy atom. The van der Waals surface area contributed by atoms with E-state index >= 15 is 0 Å². The lowest BCUT2D eigenvalue weighted by molar-refractivity contribution is -0.118. The van der Waals surface area contributed by atoms with Crippen LogP contribution in [-0.4, -0.2) is 12.5 Å². The summed E-state index contributed by atoms with van der Waals surface area (Å²) < 4.78 is 0. The highest BCUT2D eigenvalue weighted by Crippen LogP contribution is 1.77. The highest BCUT2D eigenvalue weighted by Gasteiger charge is 1.91. The fourth-order valence-electron chi connectivity index (χ4n) is 0.179. The molecule has 0 radical (unpaired) electrons. The number of carbonyl (C=O) groups is 1. The van der Waals surface area contributed by atoms with E-state index in [1.54, 1.807) is 0 Å². The topological polar surface area (TPSA) is 79.3 Å². The van der Waals surface area contributed by atoms with Gasteiger partial charge in [-0.25, -0.2) is 5.53 Å². The number of amides is 1. The molecule has 1 amide bonds. The van der Waals surface area contributed by atoms with Crippen LogP contribution in [0.3, 0.4) is 0 Å². The van der Waals surface area contributed by atoms with Crippen LogP contribution in [0.2, 0.25) is 0 Å². The van der Waals surface area contributed by atoms with E-state index in [0.29, 0.717) is 0 Å². The number of hydrogen-bond donors (Lipinski definition) is 2. The maximum atomic E-state index is 9.98. The van der Waals surface area contributed by atoms with Gasteiger partial charge in [-0.3, -0.25) is 4.79 Å². The van der Waals surface area contributed by atoms with Crippen molar-refractivity contribution >= 4 is 5.91 Å². The third kappa shape index (κ3) is 3.05. The second-order valence-corrected chi connectivity index (χ2v) is 1.04. The summed E-state index contributed by atoms with van der Waals surface area (Å²) in [5.41, 5.74) is 11.1. The van der Waals surface area contributed by atoms with Gasteiger partial charge in [0.15, 0.2) is 0 Å². The van der Waals surface area contributed by atoms with Crippen LogP contribution in [0.25, 0.3) is 0 Å². The predicted octanol–water partition coefficient (Wildman–Crippen LogP) is -0.107. The van der Waals surface area contributed by atoms with Crippen LogP contribution in [-0.2, 0) is 4.79 Å².